The van der Waals surface area contributed by atoms with Crippen molar-refractivity contribution in [3.8, 4) is 11.8 Å². The van der Waals surface area contributed by atoms with E-state index < -0.39 is 0 Å². The number of nitrogens with one attached hydrogen (secondary N) is 1. The van der Waals surface area contributed by atoms with Crippen molar-refractivity contribution in [2.24, 2.45) is 5.92 Å². The summed E-state index contributed by atoms with van der Waals surface area (Å²) in [5.41, 5.74) is 1.24. The number of amides is 1. The molecule has 1 aromatic carbocycles. The van der Waals surface area contributed by atoms with Gasteiger partial charge in [0.2, 0.25) is 0 Å². The molecule has 0 radical (unpaired) electrons. The smallest absolute Gasteiger partial charge is 0.252 e. The molecular weight excluding hydrogens is 226 g/mol. The van der Waals surface area contributed by atoms with Crippen LogP contribution in [-0.4, -0.2) is 23.7 Å². The van der Waals surface area contributed by atoms with Crippen molar-refractivity contribution in [1.29, 1.82) is 0 Å². The third-order valence-electron chi connectivity index (χ3n) is 3.18. The number of hydrogen-bond acceptors (Lipinski definition) is 2. The highest BCUT2D eigenvalue weighted by molar-refractivity contribution is 5.96. The van der Waals surface area contributed by atoms with Crippen LogP contribution in [0.1, 0.15) is 35.7 Å². The Morgan fingerprint density at radius 3 is 2.83 bits per heavy atom. The molecule has 1 amide bonds. The number of carbonyl (C=O) groups excluding carboxylic acids is 1. The van der Waals surface area contributed by atoms with E-state index in [1.807, 2.05) is 12.1 Å². The first-order chi connectivity index (χ1) is 8.70. The molecule has 18 heavy (non-hydrogen) atoms. The van der Waals surface area contributed by atoms with Gasteiger partial charge in [0.05, 0.1) is 5.56 Å². The van der Waals surface area contributed by atoms with Crippen LogP contribution < -0.4 is 5.32 Å². The highest BCUT2D eigenvalue weighted by Gasteiger charge is 2.27. The first-order valence-corrected chi connectivity index (χ1v) is 6.20. The molecule has 1 aliphatic rings. The van der Waals surface area contributed by atoms with Gasteiger partial charge in [-0.3, -0.25) is 4.79 Å². The average Bonchev–Trinajstić information content (AvgIpc) is 2.34. The maximum Gasteiger partial charge on any atom is 0.252 e. The lowest BCUT2D eigenvalue weighted by Gasteiger charge is -2.33. The predicted molar refractivity (Wildman–Crippen MR) is 70.1 cm³/mol. The second-order valence-corrected chi connectivity index (χ2v) is 4.75. The van der Waals surface area contributed by atoms with Gasteiger partial charge < -0.3 is 10.4 Å². The molecule has 0 heterocycles. The lowest BCUT2D eigenvalue weighted by molar-refractivity contribution is 0.0896. The minimum absolute atomic E-state index is 0.0743. The van der Waals surface area contributed by atoms with E-state index in [1.54, 1.807) is 12.1 Å². The molecule has 0 atom stereocenters. The van der Waals surface area contributed by atoms with Crippen LogP contribution in [0, 0.1) is 17.8 Å². The summed E-state index contributed by atoms with van der Waals surface area (Å²) < 4.78 is 0. The zero-order valence-electron chi connectivity index (χ0n) is 10.4. The molecule has 0 aromatic heterocycles. The third-order valence-corrected chi connectivity index (χ3v) is 3.18. The predicted octanol–water partition coefficient (Wildman–Crippen LogP) is 1.56. The van der Waals surface area contributed by atoms with Gasteiger partial charge in [-0.05, 0) is 30.9 Å². The lowest BCUT2D eigenvalue weighted by atomic mass is 9.82. The summed E-state index contributed by atoms with van der Waals surface area (Å²) in [6.07, 6.45) is 2.10. The second-order valence-electron chi connectivity index (χ2n) is 4.75. The maximum absolute atomic E-state index is 12.1. The first kappa shape index (κ1) is 12.7. The number of hydrogen-bond donors (Lipinski definition) is 2. The molecular formula is C15H17NO2. The van der Waals surface area contributed by atoms with E-state index in [0.29, 0.717) is 23.1 Å². The van der Waals surface area contributed by atoms with Gasteiger partial charge in [-0.1, -0.05) is 30.9 Å². The fourth-order valence-electron chi connectivity index (χ4n) is 2.21. The van der Waals surface area contributed by atoms with E-state index >= 15 is 0 Å². The molecule has 1 saturated carbocycles. The summed E-state index contributed by atoms with van der Waals surface area (Å²) in [5.74, 6) is 6.01. The molecule has 0 bridgehead atoms. The quantitative estimate of drug-likeness (QED) is 0.774. The summed E-state index contributed by atoms with van der Waals surface area (Å²) in [6, 6.07) is 7.51. The zero-order chi connectivity index (χ0) is 13.0. The fourth-order valence-corrected chi connectivity index (χ4v) is 2.21. The standard InChI is InChI=1S/C15H17NO2/c1-11-9-13(10-11)16-15(18)14-7-3-2-5-12(14)6-4-8-17/h2-3,5,7,11,13,17H,8-10H2,1H3,(H,16,18). The molecule has 1 aromatic rings. The van der Waals surface area contributed by atoms with Crippen molar-refractivity contribution in [1.82, 2.24) is 5.32 Å². The fraction of sp³-hybridized carbons (Fsp3) is 0.400. The summed E-state index contributed by atoms with van der Waals surface area (Å²) in [4.78, 5) is 12.1. The van der Waals surface area contributed by atoms with Crippen molar-refractivity contribution >= 4 is 5.91 Å². The molecule has 0 saturated heterocycles. The minimum atomic E-state index is -0.198. The highest BCUT2D eigenvalue weighted by Crippen LogP contribution is 2.26. The van der Waals surface area contributed by atoms with Crippen molar-refractivity contribution in [3.63, 3.8) is 0 Å². The van der Waals surface area contributed by atoms with Gasteiger partial charge in [0.1, 0.15) is 6.61 Å². The Morgan fingerprint density at radius 1 is 1.44 bits per heavy atom. The van der Waals surface area contributed by atoms with E-state index in [4.69, 9.17) is 5.11 Å². The molecule has 3 nitrogen and oxygen atoms in total. The van der Waals surface area contributed by atoms with Gasteiger partial charge in [0, 0.05) is 11.6 Å². The average molecular weight is 243 g/mol. The Morgan fingerprint density at radius 2 is 2.17 bits per heavy atom. The zero-order valence-corrected chi connectivity index (χ0v) is 10.4. The lowest BCUT2D eigenvalue weighted by Crippen LogP contribution is -2.43. The Labute approximate surface area is 107 Å². The van der Waals surface area contributed by atoms with Crippen LogP contribution in [0.5, 0.6) is 0 Å². The van der Waals surface area contributed by atoms with Crippen LogP contribution in [0.4, 0.5) is 0 Å². The summed E-state index contributed by atoms with van der Waals surface area (Å²) in [7, 11) is 0. The SMILES string of the molecule is CC1CC(NC(=O)c2ccccc2C#CCO)C1. The monoisotopic (exact) mass is 243 g/mol. The van der Waals surface area contributed by atoms with Crippen molar-refractivity contribution in [2.75, 3.05) is 6.61 Å². The van der Waals surface area contributed by atoms with E-state index in [-0.39, 0.29) is 12.5 Å². The molecule has 0 unspecified atom stereocenters. The van der Waals surface area contributed by atoms with Crippen LogP contribution in [0.3, 0.4) is 0 Å². The Balaban J connectivity index is 2.09. The van der Waals surface area contributed by atoms with Crippen LogP contribution in [0.25, 0.3) is 0 Å². The van der Waals surface area contributed by atoms with E-state index in [2.05, 4.69) is 24.1 Å². The van der Waals surface area contributed by atoms with Gasteiger partial charge in [0.25, 0.3) is 5.91 Å². The van der Waals surface area contributed by atoms with E-state index in [0.717, 1.165) is 12.8 Å². The molecule has 2 rings (SSSR count). The van der Waals surface area contributed by atoms with Gasteiger partial charge in [0.15, 0.2) is 0 Å². The van der Waals surface area contributed by atoms with Crippen LogP contribution in [0.15, 0.2) is 24.3 Å². The number of aliphatic hydroxyl groups is 1. The third kappa shape index (κ3) is 2.91. The normalized spacial score (nSPS) is 21.4. The molecule has 0 spiro atoms. The van der Waals surface area contributed by atoms with Crippen LogP contribution in [-0.2, 0) is 0 Å². The van der Waals surface area contributed by atoms with E-state index in [9.17, 15) is 4.79 Å². The van der Waals surface area contributed by atoms with Crippen LogP contribution >= 0.6 is 0 Å². The van der Waals surface area contributed by atoms with Crippen molar-refractivity contribution in [2.45, 2.75) is 25.8 Å². The highest BCUT2D eigenvalue weighted by atomic mass is 16.2. The van der Waals surface area contributed by atoms with Crippen molar-refractivity contribution in [3.05, 3.63) is 35.4 Å². The number of benzene rings is 1. The molecule has 1 fully saturated rings. The van der Waals surface area contributed by atoms with Gasteiger partial charge >= 0.3 is 0 Å². The largest absolute Gasteiger partial charge is 0.384 e. The Kier molecular flexibility index (Phi) is 4.01. The summed E-state index contributed by atoms with van der Waals surface area (Å²) in [5, 5.41) is 11.7. The van der Waals surface area contributed by atoms with Gasteiger partial charge in [-0.25, -0.2) is 0 Å². The topological polar surface area (TPSA) is 49.3 Å². The number of aliphatic hydroxyl groups excluding tert-OH is 1. The molecule has 1 aliphatic carbocycles. The van der Waals surface area contributed by atoms with E-state index in [1.165, 1.54) is 0 Å². The van der Waals surface area contributed by atoms with Gasteiger partial charge in [-0.2, -0.15) is 0 Å². The molecule has 0 aliphatic heterocycles. The second kappa shape index (κ2) is 5.70. The van der Waals surface area contributed by atoms with Gasteiger partial charge in [-0.15, -0.1) is 0 Å². The summed E-state index contributed by atoms with van der Waals surface area (Å²) in [6.45, 7) is 1.99. The molecule has 2 N–H and O–H groups in total. The minimum Gasteiger partial charge on any atom is -0.384 e. The number of rotatable bonds is 2. The maximum atomic E-state index is 12.1. The Hall–Kier alpha value is -1.79. The summed E-state index contributed by atoms with van der Waals surface area (Å²) >= 11 is 0. The molecule has 3 heteroatoms. The van der Waals surface area contributed by atoms with Crippen LogP contribution in [0.2, 0.25) is 0 Å². The Bertz CT molecular complexity index is 493. The number of carbonyl (C=O) groups is 1. The molecule has 94 valence electrons. The first-order valence-electron chi connectivity index (χ1n) is 6.20. The van der Waals surface area contributed by atoms with Crippen molar-refractivity contribution < 1.29 is 9.90 Å².